The number of allylic oxidation sites excluding steroid dienone is 8. The van der Waals surface area contributed by atoms with Gasteiger partial charge in [0.15, 0.2) is 0 Å². The zero-order chi connectivity index (χ0) is 32.0. The summed E-state index contributed by atoms with van der Waals surface area (Å²) in [6.45, 7) is 6.53. The maximum Gasteiger partial charge on any atom is 0.0575 e. The second-order valence-electron chi connectivity index (χ2n) is 13.4. The first-order valence-electron chi connectivity index (χ1n) is 19.6. The van der Waals surface area contributed by atoms with Crippen LogP contribution in [-0.2, 0) is 4.74 Å². The quantitative estimate of drug-likeness (QED) is 0.0521. The lowest BCUT2D eigenvalue weighted by atomic mass is 10.0. The third-order valence-electron chi connectivity index (χ3n) is 8.57. The maximum atomic E-state index is 6.39. The Kier molecular flexibility index (Phi) is 37.1. The molecule has 0 aromatic carbocycles. The zero-order valence-corrected chi connectivity index (χ0v) is 30.6. The average molecular weight is 614 g/mol. The Morgan fingerprint density at radius 1 is 0.455 bits per heavy atom. The van der Waals surface area contributed by atoms with Gasteiger partial charge in [-0.05, 0) is 97.7 Å². The minimum absolute atomic E-state index is 0.482. The molecule has 0 spiro atoms. The molecule has 0 unspecified atom stereocenters. The monoisotopic (exact) mass is 614 g/mol. The van der Waals surface area contributed by atoms with Crippen LogP contribution in [0.3, 0.4) is 0 Å². The summed E-state index contributed by atoms with van der Waals surface area (Å²) >= 11 is 0. The summed E-state index contributed by atoms with van der Waals surface area (Å²) < 4.78 is 6.39. The van der Waals surface area contributed by atoms with E-state index in [0.29, 0.717) is 6.10 Å². The van der Waals surface area contributed by atoms with Gasteiger partial charge in [0.2, 0.25) is 0 Å². The molecule has 0 N–H and O–H groups in total. The van der Waals surface area contributed by atoms with Crippen LogP contribution in [0.2, 0.25) is 0 Å². The molecule has 44 heavy (non-hydrogen) atoms. The van der Waals surface area contributed by atoms with E-state index >= 15 is 0 Å². The highest BCUT2D eigenvalue weighted by Crippen LogP contribution is 2.18. The van der Waals surface area contributed by atoms with Gasteiger partial charge in [-0.3, -0.25) is 0 Å². The molecule has 2 nitrogen and oxygen atoms in total. The highest BCUT2D eigenvalue weighted by atomic mass is 16.5. The second kappa shape index (κ2) is 38.1. The van der Waals surface area contributed by atoms with Gasteiger partial charge < -0.3 is 9.64 Å². The molecule has 1 atom stereocenters. The van der Waals surface area contributed by atoms with Crippen LogP contribution in [-0.4, -0.2) is 38.3 Å². The molecule has 0 radical (unpaired) electrons. The summed E-state index contributed by atoms with van der Waals surface area (Å²) in [6.07, 6.45) is 54.8. The summed E-state index contributed by atoms with van der Waals surface area (Å²) in [5.74, 6) is 0. The molecule has 0 heterocycles. The standard InChI is InChI=1S/C42H79NO/c1-5-7-9-11-13-15-17-19-21-23-25-27-29-31-33-35-38-42(44-41-37-40-43(3)4)39-36-34-32-30-28-26-24-22-20-18-16-14-12-10-8-6-2/h7,9,13,15,19-22,42H,5-6,8,10-12,14,16-18,23-41H2,1-4H3/b9-7-,15-13-,21-19-,22-20-/t42-/m0/s1. The summed E-state index contributed by atoms with van der Waals surface area (Å²) in [5, 5.41) is 0. The molecule has 0 aliphatic rings. The number of ether oxygens (including phenoxy) is 1. The van der Waals surface area contributed by atoms with Crippen molar-refractivity contribution in [3.05, 3.63) is 48.6 Å². The lowest BCUT2D eigenvalue weighted by Gasteiger charge is -2.19. The van der Waals surface area contributed by atoms with Crippen molar-refractivity contribution >= 4 is 0 Å². The third-order valence-corrected chi connectivity index (χ3v) is 8.57. The molecule has 0 aromatic rings. The van der Waals surface area contributed by atoms with Gasteiger partial charge in [-0.2, -0.15) is 0 Å². The summed E-state index contributed by atoms with van der Waals surface area (Å²) in [5.41, 5.74) is 0. The molecule has 0 fully saturated rings. The molecule has 2 heteroatoms. The topological polar surface area (TPSA) is 12.5 Å². The summed E-state index contributed by atoms with van der Waals surface area (Å²) in [4.78, 5) is 2.27. The Morgan fingerprint density at radius 3 is 1.34 bits per heavy atom. The van der Waals surface area contributed by atoms with Crippen LogP contribution < -0.4 is 0 Å². The van der Waals surface area contributed by atoms with E-state index in [4.69, 9.17) is 4.74 Å². The van der Waals surface area contributed by atoms with Crippen molar-refractivity contribution < 1.29 is 4.74 Å². The van der Waals surface area contributed by atoms with Gasteiger partial charge in [-0.15, -0.1) is 0 Å². The lowest BCUT2D eigenvalue weighted by molar-refractivity contribution is 0.0342. The Morgan fingerprint density at radius 2 is 0.864 bits per heavy atom. The van der Waals surface area contributed by atoms with Crippen molar-refractivity contribution in [1.29, 1.82) is 0 Å². The van der Waals surface area contributed by atoms with Crippen molar-refractivity contribution in [1.82, 2.24) is 4.90 Å². The predicted octanol–water partition coefficient (Wildman–Crippen LogP) is 13.7. The van der Waals surface area contributed by atoms with E-state index in [2.05, 4.69) is 81.5 Å². The fourth-order valence-corrected chi connectivity index (χ4v) is 5.73. The van der Waals surface area contributed by atoms with E-state index in [1.54, 1.807) is 0 Å². The van der Waals surface area contributed by atoms with Crippen LogP contribution in [0.15, 0.2) is 48.6 Å². The van der Waals surface area contributed by atoms with E-state index in [9.17, 15) is 0 Å². The minimum Gasteiger partial charge on any atom is -0.378 e. The first-order chi connectivity index (χ1) is 21.7. The Labute approximate surface area is 278 Å². The maximum absolute atomic E-state index is 6.39. The number of rotatable bonds is 35. The Balaban J connectivity index is 3.82. The molecule has 0 aliphatic heterocycles. The molecular formula is C42H79NO. The van der Waals surface area contributed by atoms with E-state index in [-0.39, 0.29) is 0 Å². The normalized spacial score (nSPS) is 13.2. The predicted molar refractivity (Wildman–Crippen MR) is 201 cm³/mol. The molecule has 0 aromatic heterocycles. The highest BCUT2D eigenvalue weighted by Gasteiger charge is 2.09. The van der Waals surface area contributed by atoms with Crippen molar-refractivity contribution in [3.63, 3.8) is 0 Å². The number of hydrogen-bond acceptors (Lipinski definition) is 2. The molecule has 0 saturated heterocycles. The number of hydrogen-bond donors (Lipinski definition) is 0. The van der Waals surface area contributed by atoms with Gasteiger partial charge >= 0.3 is 0 Å². The van der Waals surface area contributed by atoms with Gasteiger partial charge in [0, 0.05) is 6.61 Å². The summed E-state index contributed by atoms with van der Waals surface area (Å²) in [7, 11) is 4.32. The van der Waals surface area contributed by atoms with Crippen molar-refractivity contribution in [2.45, 2.75) is 193 Å². The molecule has 0 bridgehead atoms. The van der Waals surface area contributed by atoms with Gasteiger partial charge in [-0.25, -0.2) is 0 Å². The molecule has 0 rings (SSSR count). The SMILES string of the molecule is CC/C=C\C/C=C\C/C=C\CCCCCCCC[C@@H](CCCCCCCC/C=C\CCCCCCCC)OCCCN(C)C. The van der Waals surface area contributed by atoms with Gasteiger partial charge in [0.05, 0.1) is 6.10 Å². The van der Waals surface area contributed by atoms with E-state index in [0.717, 1.165) is 38.8 Å². The van der Waals surface area contributed by atoms with Crippen molar-refractivity contribution in [2.24, 2.45) is 0 Å². The first-order valence-corrected chi connectivity index (χ1v) is 19.6. The highest BCUT2D eigenvalue weighted by molar-refractivity contribution is 4.97. The van der Waals surface area contributed by atoms with E-state index < -0.39 is 0 Å². The minimum atomic E-state index is 0.482. The van der Waals surface area contributed by atoms with Gasteiger partial charge in [-0.1, -0.05) is 159 Å². The smallest absolute Gasteiger partial charge is 0.0575 e. The average Bonchev–Trinajstić information content (AvgIpc) is 3.02. The van der Waals surface area contributed by atoms with E-state index in [1.807, 2.05) is 0 Å². The van der Waals surface area contributed by atoms with Crippen molar-refractivity contribution in [2.75, 3.05) is 27.2 Å². The summed E-state index contributed by atoms with van der Waals surface area (Å²) in [6, 6.07) is 0. The van der Waals surface area contributed by atoms with Gasteiger partial charge in [0.1, 0.15) is 0 Å². The molecular weight excluding hydrogens is 534 g/mol. The van der Waals surface area contributed by atoms with E-state index in [1.165, 1.54) is 148 Å². The second-order valence-corrected chi connectivity index (χ2v) is 13.4. The first kappa shape index (κ1) is 42.9. The number of nitrogens with zero attached hydrogens (tertiary/aromatic N) is 1. The lowest BCUT2D eigenvalue weighted by Crippen LogP contribution is -2.18. The fraction of sp³-hybridized carbons (Fsp3) is 0.810. The third kappa shape index (κ3) is 37.1. The molecule has 0 saturated carbocycles. The largest absolute Gasteiger partial charge is 0.378 e. The Bertz CT molecular complexity index is 646. The van der Waals surface area contributed by atoms with Gasteiger partial charge in [0.25, 0.3) is 0 Å². The molecule has 258 valence electrons. The fourth-order valence-electron chi connectivity index (χ4n) is 5.73. The number of unbranched alkanes of at least 4 members (excludes halogenated alkanes) is 18. The molecule has 0 amide bonds. The zero-order valence-electron chi connectivity index (χ0n) is 30.6. The van der Waals surface area contributed by atoms with Crippen LogP contribution in [0.4, 0.5) is 0 Å². The molecule has 0 aliphatic carbocycles. The Hall–Kier alpha value is -1.12. The van der Waals surface area contributed by atoms with Crippen LogP contribution in [0.5, 0.6) is 0 Å². The van der Waals surface area contributed by atoms with Crippen LogP contribution in [0, 0.1) is 0 Å². The van der Waals surface area contributed by atoms with Crippen molar-refractivity contribution in [3.8, 4) is 0 Å². The van der Waals surface area contributed by atoms with Crippen LogP contribution in [0.1, 0.15) is 187 Å². The van der Waals surface area contributed by atoms with Crippen LogP contribution >= 0.6 is 0 Å². The van der Waals surface area contributed by atoms with Crippen LogP contribution in [0.25, 0.3) is 0 Å².